The van der Waals surface area contributed by atoms with E-state index < -0.39 is 10.0 Å². The lowest BCUT2D eigenvalue weighted by Gasteiger charge is -2.30. The van der Waals surface area contributed by atoms with Gasteiger partial charge in [0.25, 0.3) is 0 Å². The molecule has 0 saturated heterocycles. The molecule has 2 rings (SSSR count). The molecule has 1 aromatic carbocycles. The minimum atomic E-state index is -3.34. The molecular formula is C11H16N2O3S2. The lowest BCUT2D eigenvalue weighted by atomic mass is 10.3. The Morgan fingerprint density at radius 1 is 1.50 bits per heavy atom. The lowest BCUT2D eigenvalue weighted by Crippen LogP contribution is -2.38. The van der Waals surface area contributed by atoms with E-state index in [0.29, 0.717) is 17.9 Å². The van der Waals surface area contributed by atoms with Gasteiger partial charge < -0.3 is 10.5 Å². The van der Waals surface area contributed by atoms with Gasteiger partial charge in [0.15, 0.2) is 0 Å². The number of nitrogen functional groups attached to an aromatic ring is 1. The monoisotopic (exact) mass is 288 g/mol. The highest BCUT2D eigenvalue weighted by Gasteiger charge is 2.27. The third-order valence-corrected chi connectivity index (χ3v) is 5.46. The van der Waals surface area contributed by atoms with Crippen LogP contribution in [0.3, 0.4) is 0 Å². The number of fused-ring (bicyclic) bond motifs is 1. The first-order chi connectivity index (χ1) is 8.54. The normalized spacial score (nSPS) is 15.5. The van der Waals surface area contributed by atoms with Crippen LogP contribution in [0.15, 0.2) is 23.1 Å². The zero-order valence-electron chi connectivity index (χ0n) is 10.1. The molecule has 1 aliphatic rings. The van der Waals surface area contributed by atoms with Crippen LogP contribution in [0.25, 0.3) is 0 Å². The number of rotatable bonds is 4. The highest BCUT2D eigenvalue weighted by Crippen LogP contribution is 2.37. The maximum Gasteiger partial charge on any atom is 0.237 e. The maximum absolute atomic E-state index is 12.2. The summed E-state index contributed by atoms with van der Waals surface area (Å²) in [6.45, 7) is 0.677. The fraction of sp³-hybridized carbons (Fsp3) is 0.455. The zero-order valence-corrected chi connectivity index (χ0v) is 11.8. The molecule has 1 heterocycles. The van der Waals surface area contributed by atoms with Gasteiger partial charge >= 0.3 is 0 Å². The van der Waals surface area contributed by atoms with Crippen LogP contribution >= 0.6 is 11.8 Å². The van der Waals surface area contributed by atoms with E-state index in [4.69, 9.17) is 10.5 Å². The summed E-state index contributed by atoms with van der Waals surface area (Å²) in [4.78, 5) is 0.955. The van der Waals surface area contributed by atoms with E-state index in [1.165, 1.54) is 11.4 Å². The highest BCUT2D eigenvalue weighted by molar-refractivity contribution is 8.00. The van der Waals surface area contributed by atoms with E-state index in [-0.39, 0.29) is 12.4 Å². The second-order valence-corrected chi connectivity index (χ2v) is 7.11. The van der Waals surface area contributed by atoms with E-state index >= 15 is 0 Å². The number of ether oxygens (including phenoxy) is 1. The van der Waals surface area contributed by atoms with E-state index in [9.17, 15) is 8.42 Å². The summed E-state index contributed by atoms with van der Waals surface area (Å²) in [5, 5.41) is 0. The van der Waals surface area contributed by atoms with Crippen LogP contribution in [0, 0.1) is 0 Å². The predicted octanol–water partition coefficient (Wildman–Crippen LogP) is 1.16. The second-order valence-electron chi connectivity index (χ2n) is 3.96. The summed E-state index contributed by atoms with van der Waals surface area (Å²) in [5.74, 6) is 0.742. The molecule has 0 saturated carbocycles. The molecule has 5 nitrogen and oxygen atoms in total. The Hall–Kier alpha value is -0.920. The number of hydrogen-bond acceptors (Lipinski definition) is 5. The van der Waals surface area contributed by atoms with Gasteiger partial charge in [0.2, 0.25) is 10.0 Å². The van der Waals surface area contributed by atoms with Crippen LogP contribution < -0.4 is 10.0 Å². The van der Waals surface area contributed by atoms with Gasteiger partial charge in [-0.3, -0.25) is 4.31 Å². The number of thioether (sulfide) groups is 1. The first kappa shape index (κ1) is 13.5. The molecule has 1 aromatic rings. The van der Waals surface area contributed by atoms with Gasteiger partial charge in [0, 0.05) is 30.0 Å². The molecule has 0 amide bonds. The molecule has 100 valence electrons. The summed E-state index contributed by atoms with van der Waals surface area (Å²) < 4.78 is 30.7. The van der Waals surface area contributed by atoms with Crippen molar-refractivity contribution in [3.63, 3.8) is 0 Å². The van der Waals surface area contributed by atoms with Crippen LogP contribution in [-0.4, -0.2) is 40.2 Å². The molecule has 18 heavy (non-hydrogen) atoms. The third kappa shape index (κ3) is 2.73. The molecule has 2 N–H and O–H groups in total. The van der Waals surface area contributed by atoms with E-state index in [1.807, 2.05) is 6.07 Å². The Balaban J connectivity index is 2.35. The maximum atomic E-state index is 12.2. The average molecular weight is 288 g/mol. The predicted molar refractivity (Wildman–Crippen MR) is 74.6 cm³/mol. The smallest absolute Gasteiger partial charge is 0.237 e. The van der Waals surface area contributed by atoms with Crippen LogP contribution in [-0.2, 0) is 14.8 Å². The van der Waals surface area contributed by atoms with Crippen LogP contribution in [0.2, 0.25) is 0 Å². The van der Waals surface area contributed by atoms with Gasteiger partial charge in [-0.15, -0.1) is 11.8 Å². The van der Waals surface area contributed by atoms with Crippen molar-refractivity contribution in [3.05, 3.63) is 18.2 Å². The number of nitrogens with zero attached hydrogens (tertiary/aromatic N) is 1. The molecule has 0 spiro atoms. The fourth-order valence-electron chi connectivity index (χ4n) is 1.80. The second kappa shape index (κ2) is 5.38. The molecule has 0 bridgehead atoms. The minimum absolute atomic E-state index is 0.0115. The molecule has 1 aliphatic heterocycles. The molecule has 0 aliphatic carbocycles. The summed E-state index contributed by atoms with van der Waals surface area (Å²) in [7, 11) is -1.84. The Kier molecular flexibility index (Phi) is 4.04. The number of benzene rings is 1. The molecule has 7 heteroatoms. The summed E-state index contributed by atoms with van der Waals surface area (Å²) >= 11 is 1.65. The van der Waals surface area contributed by atoms with Gasteiger partial charge in [0.1, 0.15) is 0 Å². The van der Waals surface area contributed by atoms with Gasteiger partial charge in [0.05, 0.1) is 18.0 Å². The van der Waals surface area contributed by atoms with E-state index in [0.717, 1.165) is 10.6 Å². The molecular weight excluding hydrogens is 272 g/mol. The van der Waals surface area contributed by atoms with Gasteiger partial charge in [-0.05, 0) is 18.2 Å². The lowest BCUT2D eigenvalue weighted by molar-refractivity contribution is 0.217. The Morgan fingerprint density at radius 2 is 2.28 bits per heavy atom. The van der Waals surface area contributed by atoms with Crippen molar-refractivity contribution in [1.29, 1.82) is 0 Å². The van der Waals surface area contributed by atoms with Crippen LogP contribution in [0.5, 0.6) is 0 Å². The third-order valence-electron chi connectivity index (χ3n) is 2.68. The van der Waals surface area contributed by atoms with Gasteiger partial charge in [-0.25, -0.2) is 8.42 Å². The van der Waals surface area contributed by atoms with Crippen molar-refractivity contribution in [2.75, 3.05) is 41.8 Å². The fourth-order valence-corrected chi connectivity index (χ4v) is 4.36. The molecule has 0 aromatic heterocycles. The van der Waals surface area contributed by atoms with Crippen molar-refractivity contribution < 1.29 is 13.2 Å². The Labute approximate surface area is 111 Å². The first-order valence-corrected chi connectivity index (χ1v) is 8.16. The van der Waals surface area contributed by atoms with E-state index in [2.05, 4.69) is 0 Å². The van der Waals surface area contributed by atoms with Crippen molar-refractivity contribution in [3.8, 4) is 0 Å². The number of sulfonamides is 1. The van der Waals surface area contributed by atoms with Crippen LogP contribution in [0.1, 0.15) is 0 Å². The first-order valence-electron chi connectivity index (χ1n) is 5.56. The zero-order chi connectivity index (χ0) is 13.2. The van der Waals surface area contributed by atoms with Crippen molar-refractivity contribution in [2.24, 2.45) is 0 Å². The summed E-state index contributed by atoms with van der Waals surface area (Å²) in [5.41, 5.74) is 6.99. The molecule has 0 unspecified atom stereocenters. The number of methoxy groups -OCH3 is 1. The number of nitrogens with two attached hydrogens (primary N) is 1. The molecule has 0 radical (unpaired) electrons. The van der Waals surface area contributed by atoms with Gasteiger partial charge in [-0.2, -0.15) is 0 Å². The largest absolute Gasteiger partial charge is 0.399 e. The van der Waals surface area contributed by atoms with Crippen LogP contribution in [0.4, 0.5) is 11.4 Å². The average Bonchev–Trinajstić information content (AvgIpc) is 2.35. The van der Waals surface area contributed by atoms with Crippen molar-refractivity contribution >= 4 is 33.2 Å². The molecule has 0 fully saturated rings. The summed E-state index contributed by atoms with van der Waals surface area (Å²) in [6.07, 6.45) is 0. The Bertz CT molecular complexity index is 531. The summed E-state index contributed by atoms with van der Waals surface area (Å²) in [6, 6.07) is 5.37. The number of anilines is 2. The Morgan fingerprint density at radius 3 is 3.00 bits per heavy atom. The highest BCUT2D eigenvalue weighted by atomic mass is 32.2. The quantitative estimate of drug-likeness (QED) is 0.842. The minimum Gasteiger partial charge on any atom is -0.399 e. The standard InChI is InChI=1S/C11H16N2O3S2/c1-16-5-7-18(14,15)13-4-6-17-11-3-2-9(12)8-10(11)13/h2-3,8H,4-7,12H2,1H3. The number of hydrogen-bond donors (Lipinski definition) is 1. The molecule has 0 atom stereocenters. The van der Waals surface area contributed by atoms with Crippen molar-refractivity contribution in [2.45, 2.75) is 4.90 Å². The van der Waals surface area contributed by atoms with E-state index in [1.54, 1.807) is 23.9 Å². The SMILES string of the molecule is COCCS(=O)(=O)N1CCSc2ccc(N)cc21. The van der Waals surface area contributed by atoms with Crippen molar-refractivity contribution in [1.82, 2.24) is 0 Å². The van der Waals surface area contributed by atoms with Gasteiger partial charge in [-0.1, -0.05) is 0 Å². The topological polar surface area (TPSA) is 72.6 Å².